The number of aromatic nitrogens is 1. The minimum absolute atomic E-state index is 0.530. The highest BCUT2D eigenvalue weighted by Gasteiger charge is 2.03. The molecule has 1 aromatic heterocycles. The first-order chi connectivity index (χ1) is 6.09. The van der Waals surface area contributed by atoms with Gasteiger partial charge in [0, 0.05) is 18.0 Å². The Kier molecular flexibility index (Phi) is 3.20. The Balaban J connectivity index is 2.89. The molecule has 0 amide bonds. The standard InChI is InChI=1S/C11H15NO/c1-8(2)4-11(13)10-5-9(3)6-12-7-10/h4-7,11,13H,1-3H3. The van der Waals surface area contributed by atoms with Gasteiger partial charge in [0.1, 0.15) is 0 Å². The molecule has 2 nitrogen and oxygen atoms in total. The van der Waals surface area contributed by atoms with Crippen LogP contribution in [0.5, 0.6) is 0 Å². The lowest BCUT2D eigenvalue weighted by atomic mass is 10.1. The Morgan fingerprint density at radius 2 is 2.15 bits per heavy atom. The van der Waals surface area contributed by atoms with Gasteiger partial charge >= 0.3 is 0 Å². The van der Waals surface area contributed by atoms with Crippen LogP contribution in [0, 0.1) is 6.92 Å². The van der Waals surface area contributed by atoms with Crippen molar-refractivity contribution in [3.05, 3.63) is 41.2 Å². The van der Waals surface area contributed by atoms with Crippen LogP contribution in [-0.4, -0.2) is 10.1 Å². The lowest BCUT2D eigenvalue weighted by molar-refractivity contribution is 0.227. The molecular formula is C11H15NO. The summed E-state index contributed by atoms with van der Waals surface area (Å²) in [6, 6.07) is 1.94. The SMILES string of the molecule is CC(C)=CC(O)c1cncc(C)c1. The lowest BCUT2D eigenvalue weighted by Gasteiger charge is -2.06. The fourth-order valence-corrected chi connectivity index (χ4v) is 1.15. The molecule has 0 radical (unpaired) electrons. The molecule has 0 fully saturated rings. The molecular weight excluding hydrogens is 162 g/mol. The number of aryl methyl sites for hydroxylation is 1. The highest BCUT2D eigenvalue weighted by molar-refractivity contribution is 5.22. The van der Waals surface area contributed by atoms with Crippen molar-refractivity contribution in [1.82, 2.24) is 4.98 Å². The Morgan fingerprint density at radius 3 is 2.69 bits per heavy atom. The van der Waals surface area contributed by atoms with Crippen molar-refractivity contribution in [3.8, 4) is 0 Å². The Morgan fingerprint density at radius 1 is 1.46 bits per heavy atom. The molecule has 13 heavy (non-hydrogen) atoms. The predicted molar refractivity (Wildman–Crippen MR) is 53.4 cm³/mol. The van der Waals surface area contributed by atoms with Gasteiger partial charge in [-0.1, -0.05) is 17.7 Å². The topological polar surface area (TPSA) is 33.1 Å². The lowest BCUT2D eigenvalue weighted by Crippen LogP contribution is -1.95. The molecule has 1 aromatic rings. The molecule has 0 saturated heterocycles. The zero-order chi connectivity index (χ0) is 9.84. The molecule has 0 aliphatic heterocycles. The minimum atomic E-state index is -0.530. The van der Waals surface area contributed by atoms with Crippen LogP contribution in [0.2, 0.25) is 0 Å². The Bertz CT molecular complexity index is 314. The van der Waals surface area contributed by atoms with Crippen molar-refractivity contribution in [1.29, 1.82) is 0 Å². The van der Waals surface area contributed by atoms with E-state index in [4.69, 9.17) is 0 Å². The predicted octanol–water partition coefficient (Wildman–Crippen LogP) is 2.39. The van der Waals surface area contributed by atoms with Crippen LogP contribution < -0.4 is 0 Å². The van der Waals surface area contributed by atoms with Crippen LogP contribution in [0.1, 0.15) is 31.1 Å². The molecule has 70 valence electrons. The second-order valence-corrected chi connectivity index (χ2v) is 3.48. The van der Waals surface area contributed by atoms with E-state index in [1.54, 1.807) is 12.4 Å². The van der Waals surface area contributed by atoms with E-state index >= 15 is 0 Å². The third-order valence-corrected chi connectivity index (χ3v) is 1.73. The second-order valence-electron chi connectivity index (χ2n) is 3.48. The molecule has 0 aliphatic carbocycles. The molecule has 0 saturated carbocycles. The van der Waals surface area contributed by atoms with Gasteiger partial charge in [-0.05, 0) is 26.3 Å². The molecule has 1 unspecified atom stereocenters. The van der Waals surface area contributed by atoms with E-state index in [1.807, 2.05) is 32.9 Å². The molecule has 0 aromatic carbocycles. The monoisotopic (exact) mass is 177 g/mol. The van der Waals surface area contributed by atoms with E-state index in [0.717, 1.165) is 16.7 Å². The number of rotatable bonds is 2. The summed E-state index contributed by atoms with van der Waals surface area (Å²) in [5.74, 6) is 0. The molecule has 1 N–H and O–H groups in total. The van der Waals surface area contributed by atoms with Gasteiger partial charge in [-0.3, -0.25) is 4.98 Å². The third-order valence-electron chi connectivity index (χ3n) is 1.73. The van der Waals surface area contributed by atoms with Crippen LogP contribution >= 0.6 is 0 Å². The van der Waals surface area contributed by atoms with E-state index in [9.17, 15) is 5.11 Å². The van der Waals surface area contributed by atoms with Crippen LogP contribution in [0.3, 0.4) is 0 Å². The van der Waals surface area contributed by atoms with Gasteiger partial charge in [0.2, 0.25) is 0 Å². The summed E-state index contributed by atoms with van der Waals surface area (Å²) in [4.78, 5) is 4.02. The summed E-state index contributed by atoms with van der Waals surface area (Å²) in [6.07, 6.45) is 4.75. The Hall–Kier alpha value is -1.15. The zero-order valence-corrected chi connectivity index (χ0v) is 8.28. The van der Waals surface area contributed by atoms with Gasteiger partial charge in [0.25, 0.3) is 0 Å². The number of hydrogen-bond donors (Lipinski definition) is 1. The van der Waals surface area contributed by atoms with Crippen LogP contribution in [0.15, 0.2) is 30.1 Å². The summed E-state index contributed by atoms with van der Waals surface area (Å²) in [7, 11) is 0. The second kappa shape index (κ2) is 4.19. The summed E-state index contributed by atoms with van der Waals surface area (Å²) in [5.41, 5.74) is 3.02. The fourth-order valence-electron chi connectivity index (χ4n) is 1.15. The van der Waals surface area contributed by atoms with Crippen molar-refractivity contribution in [2.24, 2.45) is 0 Å². The molecule has 1 atom stereocenters. The van der Waals surface area contributed by atoms with Gasteiger partial charge in [0.15, 0.2) is 0 Å². The first-order valence-electron chi connectivity index (χ1n) is 4.34. The highest BCUT2D eigenvalue weighted by Crippen LogP contribution is 2.15. The summed E-state index contributed by atoms with van der Waals surface area (Å²) >= 11 is 0. The summed E-state index contributed by atoms with van der Waals surface area (Å²) in [6.45, 7) is 5.89. The van der Waals surface area contributed by atoms with Crippen LogP contribution in [0.4, 0.5) is 0 Å². The number of allylic oxidation sites excluding steroid dienone is 1. The summed E-state index contributed by atoms with van der Waals surface area (Å²) < 4.78 is 0. The van der Waals surface area contributed by atoms with Gasteiger partial charge in [0.05, 0.1) is 6.10 Å². The normalized spacial score (nSPS) is 12.3. The number of aliphatic hydroxyl groups excluding tert-OH is 1. The average molecular weight is 177 g/mol. The number of aliphatic hydroxyl groups is 1. The van der Waals surface area contributed by atoms with Crippen LogP contribution in [-0.2, 0) is 0 Å². The van der Waals surface area contributed by atoms with Crippen molar-refractivity contribution in [3.63, 3.8) is 0 Å². The average Bonchev–Trinajstić information content (AvgIpc) is 2.03. The number of pyridine rings is 1. The molecule has 0 aliphatic rings. The van der Waals surface area contributed by atoms with Gasteiger partial charge in [-0.25, -0.2) is 0 Å². The number of nitrogens with zero attached hydrogens (tertiary/aromatic N) is 1. The van der Waals surface area contributed by atoms with Gasteiger partial charge in [-0.2, -0.15) is 0 Å². The van der Waals surface area contributed by atoms with E-state index in [2.05, 4.69) is 4.98 Å². The first kappa shape index (κ1) is 9.93. The highest BCUT2D eigenvalue weighted by atomic mass is 16.3. The molecule has 0 bridgehead atoms. The minimum Gasteiger partial charge on any atom is -0.384 e. The third kappa shape index (κ3) is 2.99. The molecule has 1 heterocycles. The number of hydrogen-bond acceptors (Lipinski definition) is 2. The zero-order valence-electron chi connectivity index (χ0n) is 8.28. The maximum absolute atomic E-state index is 9.70. The summed E-state index contributed by atoms with van der Waals surface area (Å²) in [5, 5.41) is 9.70. The fraction of sp³-hybridized carbons (Fsp3) is 0.364. The largest absolute Gasteiger partial charge is 0.384 e. The first-order valence-corrected chi connectivity index (χ1v) is 4.34. The van der Waals surface area contributed by atoms with Crippen molar-refractivity contribution >= 4 is 0 Å². The Labute approximate surface area is 78.9 Å². The van der Waals surface area contributed by atoms with Gasteiger partial charge < -0.3 is 5.11 Å². The quantitative estimate of drug-likeness (QED) is 0.703. The maximum Gasteiger partial charge on any atom is 0.0989 e. The van der Waals surface area contributed by atoms with E-state index < -0.39 is 6.10 Å². The maximum atomic E-state index is 9.70. The van der Waals surface area contributed by atoms with Crippen LogP contribution in [0.25, 0.3) is 0 Å². The van der Waals surface area contributed by atoms with E-state index in [-0.39, 0.29) is 0 Å². The van der Waals surface area contributed by atoms with Crippen molar-refractivity contribution in [2.45, 2.75) is 26.9 Å². The smallest absolute Gasteiger partial charge is 0.0989 e. The molecule has 0 spiro atoms. The van der Waals surface area contributed by atoms with Crippen molar-refractivity contribution in [2.75, 3.05) is 0 Å². The van der Waals surface area contributed by atoms with Gasteiger partial charge in [-0.15, -0.1) is 0 Å². The molecule has 2 heteroatoms. The van der Waals surface area contributed by atoms with Crippen molar-refractivity contribution < 1.29 is 5.11 Å². The van der Waals surface area contributed by atoms with E-state index in [0.29, 0.717) is 0 Å². The molecule has 1 rings (SSSR count). The van der Waals surface area contributed by atoms with E-state index in [1.165, 1.54) is 0 Å².